The molecule has 1 unspecified atom stereocenters. The zero-order chi connectivity index (χ0) is 21.0. The van der Waals surface area contributed by atoms with Crippen LogP contribution in [0.1, 0.15) is 36.9 Å². The number of aryl methyl sites for hydroxylation is 1. The van der Waals surface area contributed by atoms with Crippen LogP contribution < -0.4 is 15.4 Å². The summed E-state index contributed by atoms with van der Waals surface area (Å²) in [5, 5.41) is 6.19. The largest absolute Gasteiger partial charge is 0.455 e. The highest BCUT2D eigenvalue weighted by Crippen LogP contribution is 2.37. The fraction of sp³-hybridized carbons (Fsp3) is 0.400. The molecule has 1 aromatic heterocycles. The van der Waals surface area contributed by atoms with Crippen LogP contribution in [0.4, 0.5) is 10.5 Å². The van der Waals surface area contributed by atoms with Gasteiger partial charge in [-0.25, -0.2) is 18.2 Å². The highest BCUT2D eigenvalue weighted by atomic mass is 32.2. The van der Waals surface area contributed by atoms with E-state index in [1.165, 1.54) is 12.3 Å². The molecule has 1 atom stereocenters. The van der Waals surface area contributed by atoms with E-state index in [4.69, 9.17) is 9.47 Å². The Balaban J connectivity index is 1.92. The van der Waals surface area contributed by atoms with Gasteiger partial charge >= 0.3 is 6.09 Å². The number of nitrogens with one attached hydrogen (secondary N) is 2. The van der Waals surface area contributed by atoms with E-state index < -0.39 is 15.9 Å². The van der Waals surface area contributed by atoms with E-state index in [1.54, 1.807) is 13.0 Å². The zero-order valence-electron chi connectivity index (χ0n) is 16.7. The number of sulfone groups is 1. The molecule has 1 fully saturated rings. The molecule has 3 rings (SSSR count). The zero-order valence-corrected chi connectivity index (χ0v) is 17.5. The summed E-state index contributed by atoms with van der Waals surface area (Å²) in [6, 6.07) is 6.83. The molecule has 9 heteroatoms. The summed E-state index contributed by atoms with van der Waals surface area (Å²) in [6.07, 6.45) is 3.99. The summed E-state index contributed by atoms with van der Waals surface area (Å²) in [4.78, 5) is 15.8. The Labute approximate surface area is 170 Å². The van der Waals surface area contributed by atoms with E-state index in [0.29, 0.717) is 23.8 Å². The van der Waals surface area contributed by atoms with Crippen molar-refractivity contribution in [2.45, 2.75) is 37.8 Å². The molecule has 0 radical (unpaired) electrons. The average Bonchev–Trinajstić information content (AvgIpc) is 3.18. The lowest BCUT2D eigenvalue weighted by Crippen LogP contribution is -2.17. The van der Waals surface area contributed by atoms with Gasteiger partial charge in [-0.05, 0) is 63.1 Å². The highest BCUT2D eigenvalue weighted by molar-refractivity contribution is 7.90. The molecule has 1 aliphatic heterocycles. The molecule has 2 heterocycles. The Morgan fingerprint density at radius 2 is 2.14 bits per heavy atom. The standard InChI is InChI=1S/C20H25N3O5S/c1-4-27-20(24)23-17-11-15(16-6-5-9-21-16)18(10-13(17)2)28-14-7-8-19(22-12-14)29(3,25)26/h7-8,10-12,16,21H,4-6,9H2,1-3H3,(H,23,24). The van der Waals surface area contributed by atoms with Gasteiger partial charge in [-0.15, -0.1) is 0 Å². The molecule has 0 aliphatic carbocycles. The third kappa shape index (κ3) is 5.24. The molecule has 8 nitrogen and oxygen atoms in total. The normalized spacial score (nSPS) is 16.4. The topological polar surface area (TPSA) is 107 Å². The first-order valence-corrected chi connectivity index (χ1v) is 11.3. The Kier molecular flexibility index (Phi) is 6.39. The van der Waals surface area contributed by atoms with E-state index in [1.807, 2.05) is 19.1 Å². The van der Waals surface area contributed by atoms with Crippen LogP contribution in [0.25, 0.3) is 0 Å². The molecule has 156 valence electrons. The summed E-state index contributed by atoms with van der Waals surface area (Å²) in [5.74, 6) is 1.06. The molecule has 0 spiro atoms. The van der Waals surface area contributed by atoms with Gasteiger partial charge in [0.25, 0.3) is 0 Å². The number of hydrogen-bond acceptors (Lipinski definition) is 7. The number of benzene rings is 1. The lowest BCUT2D eigenvalue weighted by molar-refractivity contribution is 0.168. The van der Waals surface area contributed by atoms with E-state index in [0.717, 1.165) is 36.8 Å². The number of pyridine rings is 1. The van der Waals surface area contributed by atoms with Gasteiger partial charge in [0.15, 0.2) is 14.9 Å². The molecule has 1 amide bonds. The van der Waals surface area contributed by atoms with Crippen LogP contribution in [-0.2, 0) is 14.6 Å². The predicted molar refractivity (Wildman–Crippen MR) is 109 cm³/mol. The second-order valence-electron chi connectivity index (χ2n) is 6.91. The molecule has 2 aromatic rings. The minimum absolute atomic E-state index is 0.00676. The van der Waals surface area contributed by atoms with Gasteiger partial charge in [0.1, 0.15) is 11.5 Å². The number of ether oxygens (including phenoxy) is 2. The van der Waals surface area contributed by atoms with Crippen molar-refractivity contribution in [1.29, 1.82) is 0 Å². The third-order valence-electron chi connectivity index (χ3n) is 4.62. The van der Waals surface area contributed by atoms with Crippen molar-refractivity contribution in [3.63, 3.8) is 0 Å². The summed E-state index contributed by atoms with van der Waals surface area (Å²) in [6.45, 7) is 4.81. The van der Waals surface area contributed by atoms with Crippen LogP contribution in [0.2, 0.25) is 0 Å². The fourth-order valence-corrected chi connectivity index (χ4v) is 3.75. The number of anilines is 1. The van der Waals surface area contributed by atoms with Crippen LogP contribution in [0, 0.1) is 6.92 Å². The molecule has 0 saturated carbocycles. The first-order valence-electron chi connectivity index (χ1n) is 9.43. The van der Waals surface area contributed by atoms with Gasteiger partial charge in [-0.1, -0.05) is 0 Å². The van der Waals surface area contributed by atoms with Crippen molar-refractivity contribution >= 4 is 21.6 Å². The Hall–Kier alpha value is -2.65. The molecule has 2 N–H and O–H groups in total. The molecular weight excluding hydrogens is 394 g/mol. The molecular formula is C20H25N3O5S. The van der Waals surface area contributed by atoms with Crippen LogP contribution in [0.15, 0.2) is 35.5 Å². The minimum atomic E-state index is -3.37. The number of aromatic nitrogens is 1. The van der Waals surface area contributed by atoms with Crippen molar-refractivity contribution < 1.29 is 22.7 Å². The van der Waals surface area contributed by atoms with Crippen molar-refractivity contribution in [2.24, 2.45) is 0 Å². The van der Waals surface area contributed by atoms with Crippen LogP contribution >= 0.6 is 0 Å². The SMILES string of the molecule is CCOC(=O)Nc1cc(C2CCCN2)c(Oc2ccc(S(C)(=O)=O)nc2)cc1C. The first-order chi connectivity index (χ1) is 13.8. The van der Waals surface area contributed by atoms with E-state index in [9.17, 15) is 13.2 Å². The number of carbonyl (C=O) groups is 1. The summed E-state index contributed by atoms with van der Waals surface area (Å²) in [5.41, 5.74) is 2.38. The van der Waals surface area contributed by atoms with Crippen LogP contribution in [0.5, 0.6) is 11.5 Å². The summed E-state index contributed by atoms with van der Waals surface area (Å²) < 4.78 is 34.2. The Bertz CT molecular complexity index is 984. The number of amides is 1. The van der Waals surface area contributed by atoms with Gasteiger partial charge in [-0.2, -0.15) is 0 Å². The second kappa shape index (κ2) is 8.79. The van der Waals surface area contributed by atoms with Gasteiger partial charge in [0.05, 0.1) is 12.8 Å². The maximum Gasteiger partial charge on any atom is 0.411 e. The fourth-order valence-electron chi connectivity index (χ4n) is 3.19. The van der Waals surface area contributed by atoms with Crippen LogP contribution in [0.3, 0.4) is 0 Å². The van der Waals surface area contributed by atoms with Gasteiger partial charge in [0, 0.05) is 23.5 Å². The molecule has 1 aromatic carbocycles. The maximum absolute atomic E-state index is 11.8. The second-order valence-corrected chi connectivity index (χ2v) is 8.87. The summed E-state index contributed by atoms with van der Waals surface area (Å²) >= 11 is 0. The number of hydrogen-bond donors (Lipinski definition) is 2. The molecule has 1 saturated heterocycles. The average molecular weight is 420 g/mol. The van der Waals surface area contributed by atoms with Gasteiger partial charge in [-0.3, -0.25) is 5.32 Å². The van der Waals surface area contributed by atoms with Crippen molar-refractivity contribution in [3.8, 4) is 11.5 Å². The lowest BCUT2D eigenvalue weighted by atomic mass is 10.0. The van der Waals surface area contributed by atoms with Crippen molar-refractivity contribution in [1.82, 2.24) is 10.3 Å². The predicted octanol–water partition coefficient (Wildman–Crippen LogP) is 3.58. The van der Waals surface area contributed by atoms with Crippen molar-refractivity contribution in [2.75, 3.05) is 24.7 Å². The molecule has 1 aliphatic rings. The monoisotopic (exact) mass is 419 g/mol. The van der Waals surface area contributed by atoms with Crippen molar-refractivity contribution in [3.05, 3.63) is 41.6 Å². The van der Waals surface area contributed by atoms with Crippen LogP contribution in [-0.4, -0.2) is 38.9 Å². The molecule has 0 bridgehead atoms. The van der Waals surface area contributed by atoms with E-state index in [2.05, 4.69) is 15.6 Å². The van der Waals surface area contributed by atoms with Gasteiger partial charge in [0.2, 0.25) is 0 Å². The van der Waals surface area contributed by atoms with Gasteiger partial charge < -0.3 is 14.8 Å². The molecule has 29 heavy (non-hydrogen) atoms. The first kappa shape index (κ1) is 21.1. The number of nitrogens with zero attached hydrogens (tertiary/aromatic N) is 1. The lowest BCUT2D eigenvalue weighted by Gasteiger charge is -2.20. The van der Waals surface area contributed by atoms with E-state index in [-0.39, 0.29) is 11.1 Å². The minimum Gasteiger partial charge on any atom is -0.455 e. The highest BCUT2D eigenvalue weighted by Gasteiger charge is 2.23. The number of rotatable bonds is 6. The van der Waals surface area contributed by atoms with E-state index >= 15 is 0 Å². The smallest absolute Gasteiger partial charge is 0.411 e. The quantitative estimate of drug-likeness (QED) is 0.737. The number of carbonyl (C=O) groups excluding carboxylic acids is 1. The third-order valence-corrected chi connectivity index (χ3v) is 5.62. The Morgan fingerprint density at radius 1 is 1.34 bits per heavy atom. The maximum atomic E-state index is 11.8. The summed E-state index contributed by atoms with van der Waals surface area (Å²) in [7, 11) is -3.37. The Morgan fingerprint density at radius 3 is 2.72 bits per heavy atom.